The number of halogens is 2. The Bertz CT molecular complexity index is 1140. The van der Waals surface area contributed by atoms with Gasteiger partial charge in [0, 0.05) is 26.2 Å². The van der Waals surface area contributed by atoms with Crippen molar-refractivity contribution in [2.75, 3.05) is 26.2 Å². The third-order valence-corrected chi connectivity index (χ3v) is 9.27. The molecule has 0 saturated carbocycles. The highest BCUT2D eigenvalue weighted by atomic mass is 32.2. The van der Waals surface area contributed by atoms with Gasteiger partial charge in [0.25, 0.3) is 0 Å². The first kappa shape index (κ1) is 20.4. The van der Waals surface area contributed by atoms with Crippen molar-refractivity contribution in [3.8, 4) is 0 Å². The van der Waals surface area contributed by atoms with Crippen LogP contribution in [0.3, 0.4) is 0 Å². The summed E-state index contributed by atoms with van der Waals surface area (Å²) in [4.78, 5) is -0.815. The molecular weight excluding hydrogens is 422 g/mol. The van der Waals surface area contributed by atoms with Crippen LogP contribution < -0.4 is 0 Å². The molecule has 2 aromatic carbocycles. The number of hydrogen-bond acceptors (Lipinski definition) is 4. The third kappa shape index (κ3) is 3.58. The second-order valence-electron chi connectivity index (χ2n) is 7.14. The summed E-state index contributed by atoms with van der Waals surface area (Å²) >= 11 is 0. The van der Waals surface area contributed by atoms with Crippen LogP contribution in [-0.4, -0.2) is 51.6 Å². The molecule has 2 aromatic rings. The van der Waals surface area contributed by atoms with Crippen LogP contribution in [0.5, 0.6) is 0 Å². The quantitative estimate of drug-likeness (QED) is 0.727. The molecule has 1 aliphatic heterocycles. The van der Waals surface area contributed by atoms with E-state index < -0.39 is 36.6 Å². The van der Waals surface area contributed by atoms with Crippen molar-refractivity contribution in [3.05, 3.63) is 59.2 Å². The Balaban J connectivity index is 1.53. The lowest BCUT2D eigenvalue weighted by Crippen LogP contribution is -2.50. The minimum atomic E-state index is -4.40. The fourth-order valence-corrected chi connectivity index (χ4v) is 6.87. The van der Waals surface area contributed by atoms with Crippen molar-refractivity contribution in [1.82, 2.24) is 8.61 Å². The van der Waals surface area contributed by atoms with Gasteiger partial charge in [-0.25, -0.2) is 25.6 Å². The summed E-state index contributed by atoms with van der Waals surface area (Å²) in [6.07, 6.45) is 2.79. The van der Waals surface area contributed by atoms with Gasteiger partial charge in [0.15, 0.2) is 4.90 Å². The molecule has 0 bridgehead atoms. The van der Waals surface area contributed by atoms with E-state index in [1.807, 2.05) is 6.07 Å². The monoisotopic (exact) mass is 442 g/mol. The van der Waals surface area contributed by atoms with Crippen molar-refractivity contribution in [2.45, 2.75) is 29.1 Å². The zero-order valence-corrected chi connectivity index (χ0v) is 17.1. The Labute approximate surface area is 168 Å². The fourth-order valence-electron chi connectivity index (χ4n) is 3.87. The topological polar surface area (TPSA) is 74.8 Å². The zero-order chi connectivity index (χ0) is 20.8. The number of benzene rings is 2. The number of aryl methyl sites for hydroxylation is 2. The lowest BCUT2D eigenvalue weighted by molar-refractivity contribution is 0.271. The lowest BCUT2D eigenvalue weighted by atomic mass is 10.1. The molecule has 1 heterocycles. The van der Waals surface area contributed by atoms with Gasteiger partial charge in [-0.05, 0) is 54.7 Å². The van der Waals surface area contributed by atoms with Gasteiger partial charge in [0.2, 0.25) is 20.0 Å². The second kappa shape index (κ2) is 7.42. The van der Waals surface area contributed by atoms with E-state index in [0.29, 0.717) is 0 Å². The molecule has 0 N–H and O–H groups in total. The average Bonchev–Trinajstić information content (AvgIpc) is 3.15. The van der Waals surface area contributed by atoms with Crippen molar-refractivity contribution < 1.29 is 25.6 Å². The second-order valence-corrected chi connectivity index (χ2v) is 11.0. The summed E-state index contributed by atoms with van der Waals surface area (Å²) in [5.74, 6) is -2.34. The van der Waals surface area contributed by atoms with Crippen molar-refractivity contribution in [3.63, 3.8) is 0 Å². The molecule has 4 rings (SSSR count). The summed E-state index contributed by atoms with van der Waals surface area (Å²) in [6, 6.07) is 7.95. The Kier molecular flexibility index (Phi) is 5.22. The third-order valence-electron chi connectivity index (χ3n) is 5.42. The first-order valence-electron chi connectivity index (χ1n) is 9.27. The standard InChI is InChI=1S/C19H20F2N2O4S2/c20-17-5-2-6-18(21)19(17)29(26,27)23-11-9-22(10-12-23)28(24,25)16-8-7-14-3-1-4-15(14)13-16/h2,5-8,13H,1,3-4,9-12H2. The van der Waals surface area contributed by atoms with Crippen LogP contribution in [0.2, 0.25) is 0 Å². The highest BCUT2D eigenvalue weighted by Crippen LogP contribution is 2.28. The molecule has 0 spiro atoms. The molecule has 1 saturated heterocycles. The Morgan fingerprint density at radius 2 is 1.28 bits per heavy atom. The minimum Gasteiger partial charge on any atom is -0.207 e. The maximum Gasteiger partial charge on any atom is 0.249 e. The van der Waals surface area contributed by atoms with E-state index in [2.05, 4.69) is 0 Å². The molecule has 1 fully saturated rings. The highest BCUT2D eigenvalue weighted by molar-refractivity contribution is 7.89. The normalized spacial score (nSPS) is 18.7. The molecule has 29 heavy (non-hydrogen) atoms. The van der Waals surface area contributed by atoms with Gasteiger partial charge < -0.3 is 0 Å². The average molecular weight is 443 g/mol. The molecule has 1 aliphatic carbocycles. The predicted molar refractivity (Wildman–Crippen MR) is 102 cm³/mol. The van der Waals surface area contributed by atoms with E-state index >= 15 is 0 Å². The molecule has 6 nitrogen and oxygen atoms in total. The fraction of sp³-hybridized carbons (Fsp3) is 0.368. The van der Waals surface area contributed by atoms with Gasteiger partial charge in [-0.15, -0.1) is 0 Å². The van der Waals surface area contributed by atoms with Crippen LogP contribution in [0.25, 0.3) is 0 Å². The molecule has 156 valence electrons. The van der Waals surface area contributed by atoms with Gasteiger partial charge >= 0.3 is 0 Å². The summed E-state index contributed by atoms with van der Waals surface area (Å²) < 4.78 is 81.3. The Morgan fingerprint density at radius 3 is 1.90 bits per heavy atom. The number of rotatable bonds is 4. The lowest BCUT2D eigenvalue weighted by Gasteiger charge is -2.33. The molecule has 0 aromatic heterocycles. The number of fused-ring (bicyclic) bond motifs is 1. The number of sulfonamides is 2. The highest BCUT2D eigenvalue weighted by Gasteiger charge is 2.36. The summed E-state index contributed by atoms with van der Waals surface area (Å²) in [5, 5.41) is 0. The largest absolute Gasteiger partial charge is 0.249 e. The van der Waals surface area contributed by atoms with Gasteiger partial charge in [0.1, 0.15) is 11.6 Å². The van der Waals surface area contributed by atoms with Gasteiger partial charge in [-0.1, -0.05) is 12.1 Å². The molecule has 0 amide bonds. The predicted octanol–water partition coefficient (Wildman–Crippen LogP) is 2.15. The maximum absolute atomic E-state index is 13.9. The number of piperazine rings is 1. The Hall–Kier alpha value is -1.88. The van der Waals surface area contributed by atoms with Gasteiger partial charge in [-0.3, -0.25) is 0 Å². The van der Waals surface area contributed by atoms with Crippen molar-refractivity contribution >= 4 is 20.0 Å². The number of hydrogen-bond donors (Lipinski definition) is 0. The minimum absolute atomic E-state index is 0.0886. The van der Waals surface area contributed by atoms with E-state index in [4.69, 9.17) is 0 Å². The van der Waals surface area contributed by atoms with E-state index in [9.17, 15) is 25.6 Å². The molecular formula is C19H20F2N2O4S2. The molecule has 0 atom stereocenters. The van der Waals surface area contributed by atoms with E-state index in [0.717, 1.165) is 52.9 Å². The van der Waals surface area contributed by atoms with Crippen LogP contribution in [0.15, 0.2) is 46.2 Å². The Morgan fingerprint density at radius 1 is 0.724 bits per heavy atom. The maximum atomic E-state index is 13.9. The molecule has 0 unspecified atom stereocenters. The smallest absolute Gasteiger partial charge is 0.207 e. The van der Waals surface area contributed by atoms with Crippen LogP contribution in [-0.2, 0) is 32.9 Å². The van der Waals surface area contributed by atoms with Gasteiger partial charge in [0.05, 0.1) is 4.90 Å². The SMILES string of the molecule is O=S(=O)(c1ccc2c(c1)CCC2)N1CCN(S(=O)(=O)c2c(F)cccc2F)CC1. The first-order valence-corrected chi connectivity index (χ1v) is 12.2. The van der Waals surface area contributed by atoms with Crippen LogP contribution in [0, 0.1) is 11.6 Å². The van der Waals surface area contributed by atoms with E-state index in [1.54, 1.807) is 12.1 Å². The summed E-state index contributed by atoms with van der Waals surface area (Å²) in [7, 11) is -8.17. The van der Waals surface area contributed by atoms with Crippen molar-refractivity contribution in [1.29, 1.82) is 0 Å². The summed E-state index contributed by atoms with van der Waals surface area (Å²) in [6.45, 7) is -0.538. The van der Waals surface area contributed by atoms with Gasteiger partial charge in [-0.2, -0.15) is 8.61 Å². The van der Waals surface area contributed by atoms with Crippen molar-refractivity contribution in [2.24, 2.45) is 0 Å². The molecule has 0 radical (unpaired) electrons. The molecule has 2 aliphatic rings. The van der Waals surface area contributed by atoms with Crippen LogP contribution >= 0.6 is 0 Å². The van der Waals surface area contributed by atoms with E-state index in [1.165, 1.54) is 4.31 Å². The first-order chi connectivity index (χ1) is 13.7. The van der Waals surface area contributed by atoms with Crippen LogP contribution in [0.4, 0.5) is 8.78 Å². The molecule has 10 heteroatoms. The van der Waals surface area contributed by atoms with E-state index in [-0.39, 0.29) is 31.1 Å². The number of nitrogens with zero attached hydrogens (tertiary/aromatic N) is 2. The zero-order valence-electron chi connectivity index (χ0n) is 15.5. The summed E-state index contributed by atoms with van der Waals surface area (Å²) in [5.41, 5.74) is 2.19. The van der Waals surface area contributed by atoms with Crippen LogP contribution in [0.1, 0.15) is 17.5 Å².